The van der Waals surface area contributed by atoms with Gasteiger partial charge in [-0.15, -0.1) is 0 Å². The van der Waals surface area contributed by atoms with E-state index in [0.717, 1.165) is 11.3 Å². The minimum atomic E-state index is -3.86. The van der Waals surface area contributed by atoms with Crippen LogP contribution in [0.4, 0.5) is 5.69 Å². The Kier molecular flexibility index (Phi) is 4.58. The number of anilines is 1. The van der Waals surface area contributed by atoms with Gasteiger partial charge in [-0.25, -0.2) is 0 Å². The number of hydrogen-bond acceptors (Lipinski definition) is 3. The van der Waals surface area contributed by atoms with E-state index in [2.05, 4.69) is 5.32 Å². The molecule has 6 heteroatoms. The minimum Gasteiger partial charge on any atom is -0.385 e. The van der Waals surface area contributed by atoms with Crippen LogP contribution in [0.25, 0.3) is 0 Å². The second-order valence-electron chi connectivity index (χ2n) is 3.53. The lowest BCUT2D eigenvalue weighted by atomic mass is 10.2. The predicted molar refractivity (Wildman–Crippen MR) is 65.7 cm³/mol. The molecule has 0 radical (unpaired) electrons. The molecule has 0 bridgehead atoms. The van der Waals surface area contributed by atoms with Gasteiger partial charge in [-0.05, 0) is 31.0 Å². The number of rotatable bonds is 5. The first-order chi connectivity index (χ1) is 7.38. The van der Waals surface area contributed by atoms with Crippen molar-refractivity contribution in [3.05, 3.63) is 28.8 Å². The summed E-state index contributed by atoms with van der Waals surface area (Å²) in [5.41, 5.74) is 1.92. The van der Waals surface area contributed by atoms with Crippen molar-refractivity contribution in [3.8, 4) is 0 Å². The molecule has 16 heavy (non-hydrogen) atoms. The zero-order valence-electron chi connectivity index (χ0n) is 8.90. The van der Waals surface area contributed by atoms with Crippen LogP contribution in [0, 0.1) is 6.92 Å². The van der Waals surface area contributed by atoms with Gasteiger partial charge in [-0.1, -0.05) is 17.7 Å². The second kappa shape index (κ2) is 5.52. The maximum atomic E-state index is 10.5. The van der Waals surface area contributed by atoms with E-state index in [1.54, 1.807) is 12.1 Å². The predicted octanol–water partition coefficient (Wildman–Crippen LogP) is 2.34. The molecule has 1 aromatic carbocycles. The highest BCUT2D eigenvalue weighted by Gasteiger charge is 2.04. The highest BCUT2D eigenvalue weighted by molar-refractivity contribution is 7.85. The van der Waals surface area contributed by atoms with Gasteiger partial charge in [0.25, 0.3) is 10.1 Å². The molecule has 2 N–H and O–H groups in total. The molecule has 0 amide bonds. The lowest BCUT2D eigenvalue weighted by Gasteiger charge is -2.09. The summed E-state index contributed by atoms with van der Waals surface area (Å²) in [5.74, 6) is -0.236. The van der Waals surface area contributed by atoms with Gasteiger partial charge < -0.3 is 5.32 Å². The van der Waals surface area contributed by atoms with Crippen LogP contribution in [-0.4, -0.2) is 25.3 Å². The molecule has 1 rings (SSSR count). The van der Waals surface area contributed by atoms with Crippen molar-refractivity contribution in [2.24, 2.45) is 0 Å². The van der Waals surface area contributed by atoms with Gasteiger partial charge in [0.1, 0.15) is 0 Å². The van der Waals surface area contributed by atoms with Crippen molar-refractivity contribution in [1.82, 2.24) is 0 Å². The average Bonchev–Trinajstić information content (AvgIpc) is 2.16. The van der Waals surface area contributed by atoms with Crippen molar-refractivity contribution in [2.75, 3.05) is 17.6 Å². The summed E-state index contributed by atoms with van der Waals surface area (Å²) in [5, 5.41) is 3.69. The Hall–Kier alpha value is -0.780. The van der Waals surface area contributed by atoms with Gasteiger partial charge in [0.2, 0.25) is 0 Å². The van der Waals surface area contributed by atoms with Crippen LogP contribution in [0.1, 0.15) is 12.0 Å². The first kappa shape index (κ1) is 13.3. The lowest BCUT2D eigenvalue weighted by molar-refractivity contribution is 0.481. The Morgan fingerprint density at radius 2 is 2.12 bits per heavy atom. The minimum absolute atomic E-state index is 0.236. The quantitative estimate of drug-likeness (QED) is 0.632. The molecule has 1 aromatic rings. The number of aryl methyl sites for hydroxylation is 1. The van der Waals surface area contributed by atoms with Crippen LogP contribution in [0.5, 0.6) is 0 Å². The average molecular weight is 264 g/mol. The first-order valence-electron chi connectivity index (χ1n) is 4.84. The van der Waals surface area contributed by atoms with Crippen molar-refractivity contribution in [2.45, 2.75) is 13.3 Å². The van der Waals surface area contributed by atoms with E-state index in [0.29, 0.717) is 18.0 Å². The normalized spacial score (nSPS) is 11.4. The monoisotopic (exact) mass is 263 g/mol. The van der Waals surface area contributed by atoms with Gasteiger partial charge in [0, 0.05) is 17.3 Å². The van der Waals surface area contributed by atoms with Crippen molar-refractivity contribution >= 4 is 27.4 Å². The van der Waals surface area contributed by atoms with E-state index >= 15 is 0 Å². The molecule has 0 fully saturated rings. The number of benzene rings is 1. The van der Waals surface area contributed by atoms with Gasteiger partial charge >= 0.3 is 0 Å². The van der Waals surface area contributed by atoms with Crippen molar-refractivity contribution in [1.29, 1.82) is 0 Å². The van der Waals surface area contributed by atoms with Crippen LogP contribution in [0.15, 0.2) is 18.2 Å². The number of hydrogen-bond donors (Lipinski definition) is 2. The van der Waals surface area contributed by atoms with Gasteiger partial charge in [0.05, 0.1) is 5.75 Å². The van der Waals surface area contributed by atoms with E-state index in [1.807, 2.05) is 13.0 Å². The Morgan fingerprint density at radius 3 is 2.75 bits per heavy atom. The topological polar surface area (TPSA) is 66.4 Å². The van der Waals surface area contributed by atoms with Crippen molar-refractivity contribution in [3.63, 3.8) is 0 Å². The summed E-state index contributed by atoms with van der Waals surface area (Å²) in [4.78, 5) is 0. The maximum absolute atomic E-state index is 10.5. The lowest BCUT2D eigenvalue weighted by Crippen LogP contribution is -2.10. The third-order valence-electron chi connectivity index (χ3n) is 2.09. The van der Waals surface area contributed by atoms with Crippen LogP contribution >= 0.6 is 11.6 Å². The summed E-state index contributed by atoms with van der Waals surface area (Å²) in [7, 11) is -3.86. The summed E-state index contributed by atoms with van der Waals surface area (Å²) in [6.45, 7) is 2.41. The van der Waals surface area contributed by atoms with Gasteiger partial charge in [0.15, 0.2) is 0 Å². The second-order valence-corrected chi connectivity index (χ2v) is 5.53. The molecule has 0 aromatic heterocycles. The molecule has 0 aliphatic heterocycles. The maximum Gasteiger partial charge on any atom is 0.264 e. The Balaban J connectivity index is 2.46. The largest absolute Gasteiger partial charge is 0.385 e. The molecule has 0 saturated heterocycles. The Labute approximate surface area is 100 Å². The highest BCUT2D eigenvalue weighted by atomic mass is 35.5. The van der Waals surface area contributed by atoms with Crippen LogP contribution < -0.4 is 5.32 Å². The molecule has 0 spiro atoms. The molecule has 0 unspecified atom stereocenters. The highest BCUT2D eigenvalue weighted by Crippen LogP contribution is 2.19. The fourth-order valence-corrected chi connectivity index (χ4v) is 1.94. The molecule has 0 heterocycles. The Morgan fingerprint density at radius 1 is 1.44 bits per heavy atom. The van der Waals surface area contributed by atoms with E-state index in [4.69, 9.17) is 16.2 Å². The zero-order chi connectivity index (χ0) is 12.2. The SMILES string of the molecule is Cc1ccc(Cl)cc1NCCCS(=O)(=O)O. The van der Waals surface area contributed by atoms with Crippen LogP contribution in [0.3, 0.4) is 0 Å². The fraction of sp³-hybridized carbons (Fsp3) is 0.400. The summed E-state index contributed by atoms with van der Waals surface area (Å²) in [6.07, 6.45) is 0.352. The van der Waals surface area contributed by atoms with Crippen molar-refractivity contribution < 1.29 is 13.0 Å². The van der Waals surface area contributed by atoms with Crippen LogP contribution in [-0.2, 0) is 10.1 Å². The van der Waals surface area contributed by atoms with Gasteiger partial charge in [-0.2, -0.15) is 8.42 Å². The van der Waals surface area contributed by atoms with E-state index in [1.165, 1.54) is 0 Å². The van der Waals surface area contributed by atoms with E-state index in [9.17, 15) is 8.42 Å². The molecular weight excluding hydrogens is 250 g/mol. The smallest absolute Gasteiger partial charge is 0.264 e. The molecule has 0 aliphatic carbocycles. The Bertz CT molecular complexity index is 459. The standard InChI is InChI=1S/C10H14ClNO3S/c1-8-3-4-9(11)7-10(8)12-5-2-6-16(13,14)15/h3-4,7,12H,2,5-6H2,1H3,(H,13,14,15). The zero-order valence-corrected chi connectivity index (χ0v) is 10.5. The molecule has 0 saturated carbocycles. The summed E-state index contributed by atoms with van der Waals surface area (Å²) in [6, 6.07) is 5.46. The molecule has 90 valence electrons. The summed E-state index contributed by atoms with van der Waals surface area (Å²) < 4.78 is 29.5. The van der Waals surface area contributed by atoms with Gasteiger partial charge in [-0.3, -0.25) is 4.55 Å². The van der Waals surface area contributed by atoms with E-state index in [-0.39, 0.29) is 5.75 Å². The third-order valence-corrected chi connectivity index (χ3v) is 3.13. The number of halogens is 1. The summed E-state index contributed by atoms with van der Waals surface area (Å²) >= 11 is 5.83. The number of nitrogens with one attached hydrogen (secondary N) is 1. The molecule has 0 atom stereocenters. The molecular formula is C10H14ClNO3S. The van der Waals surface area contributed by atoms with E-state index < -0.39 is 10.1 Å². The third kappa shape index (κ3) is 4.83. The fourth-order valence-electron chi connectivity index (χ4n) is 1.26. The van der Waals surface area contributed by atoms with Crippen LogP contribution in [0.2, 0.25) is 5.02 Å². The molecule has 0 aliphatic rings. The first-order valence-corrected chi connectivity index (χ1v) is 6.82. The molecule has 4 nitrogen and oxygen atoms in total.